The van der Waals surface area contributed by atoms with Crippen molar-refractivity contribution in [3.63, 3.8) is 0 Å². The summed E-state index contributed by atoms with van der Waals surface area (Å²) in [6, 6.07) is 0.0832. The van der Waals surface area contributed by atoms with E-state index in [1.807, 2.05) is 13.8 Å². The van der Waals surface area contributed by atoms with Crippen molar-refractivity contribution < 1.29 is 4.79 Å². The quantitative estimate of drug-likeness (QED) is 0.851. The van der Waals surface area contributed by atoms with Gasteiger partial charge in [-0.2, -0.15) is 15.0 Å². The number of anilines is 1. The van der Waals surface area contributed by atoms with Gasteiger partial charge in [-0.1, -0.05) is 0 Å². The molecule has 1 aromatic rings. The molecule has 1 amide bonds. The number of rotatable bonds is 4. The summed E-state index contributed by atoms with van der Waals surface area (Å²) in [7, 11) is 0. The standard InChI is InChI=1S/C8H11Cl2N5O/c1-4(2)12-5(16)3-11-8-14-6(9)13-7(10)15-8/h4H,3H2,1-2H3,(H,12,16)(H,11,13,14,15). The first-order valence-electron chi connectivity index (χ1n) is 4.57. The molecular formula is C8H11Cl2N5O. The third-order valence-corrected chi connectivity index (χ3v) is 1.78. The number of amides is 1. The van der Waals surface area contributed by atoms with Crippen molar-refractivity contribution in [3.8, 4) is 0 Å². The van der Waals surface area contributed by atoms with E-state index in [1.165, 1.54) is 0 Å². The first-order chi connectivity index (χ1) is 7.47. The minimum Gasteiger partial charge on any atom is -0.352 e. The average molecular weight is 264 g/mol. The van der Waals surface area contributed by atoms with Gasteiger partial charge in [0.1, 0.15) is 0 Å². The highest BCUT2D eigenvalue weighted by Gasteiger charge is 2.06. The summed E-state index contributed by atoms with van der Waals surface area (Å²) in [6.07, 6.45) is 0. The van der Waals surface area contributed by atoms with Gasteiger partial charge in [-0.05, 0) is 37.0 Å². The Morgan fingerprint density at radius 1 is 1.25 bits per heavy atom. The van der Waals surface area contributed by atoms with Crippen LogP contribution in [-0.4, -0.2) is 33.4 Å². The predicted octanol–water partition coefficient (Wildman–Crippen LogP) is 1.11. The fourth-order valence-corrected chi connectivity index (χ4v) is 1.30. The zero-order valence-corrected chi connectivity index (χ0v) is 10.3. The minimum absolute atomic E-state index is 0.0215. The van der Waals surface area contributed by atoms with Crippen LogP contribution in [0.4, 0.5) is 5.95 Å². The Morgan fingerprint density at radius 3 is 2.31 bits per heavy atom. The monoisotopic (exact) mass is 263 g/mol. The van der Waals surface area contributed by atoms with Crippen molar-refractivity contribution in [1.29, 1.82) is 0 Å². The van der Waals surface area contributed by atoms with Crippen LogP contribution >= 0.6 is 23.2 Å². The first-order valence-corrected chi connectivity index (χ1v) is 5.33. The Hall–Kier alpha value is -1.14. The van der Waals surface area contributed by atoms with Crippen molar-refractivity contribution in [2.45, 2.75) is 19.9 Å². The van der Waals surface area contributed by atoms with E-state index in [9.17, 15) is 4.79 Å². The Kier molecular flexibility index (Phi) is 4.70. The Bertz CT molecular complexity index is 364. The lowest BCUT2D eigenvalue weighted by Crippen LogP contribution is -2.35. The fraction of sp³-hybridized carbons (Fsp3) is 0.500. The number of aromatic nitrogens is 3. The molecular weight excluding hydrogens is 253 g/mol. The molecule has 0 saturated carbocycles. The smallest absolute Gasteiger partial charge is 0.239 e. The van der Waals surface area contributed by atoms with E-state index in [2.05, 4.69) is 25.6 Å². The van der Waals surface area contributed by atoms with Crippen LogP contribution in [0.15, 0.2) is 0 Å². The highest BCUT2D eigenvalue weighted by molar-refractivity contribution is 6.31. The van der Waals surface area contributed by atoms with E-state index in [-0.39, 0.29) is 35.0 Å². The van der Waals surface area contributed by atoms with Gasteiger partial charge in [0.2, 0.25) is 22.4 Å². The molecule has 0 spiro atoms. The summed E-state index contributed by atoms with van der Waals surface area (Å²) in [6.45, 7) is 3.79. The van der Waals surface area contributed by atoms with Crippen molar-refractivity contribution in [3.05, 3.63) is 10.6 Å². The molecule has 0 aromatic carbocycles. The van der Waals surface area contributed by atoms with E-state index >= 15 is 0 Å². The molecule has 16 heavy (non-hydrogen) atoms. The summed E-state index contributed by atoms with van der Waals surface area (Å²) in [5.74, 6) is 0.00608. The van der Waals surface area contributed by atoms with Crippen LogP contribution in [0.25, 0.3) is 0 Å². The Labute approximate surface area is 103 Å². The molecule has 8 heteroatoms. The summed E-state index contributed by atoms with van der Waals surface area (Å²) in [4.78, 5) is 22.4. The van der Waals surface area contributed by atoms with Gasteiger partial charge in [-0.25, -0.2) is 0 Å². The van der Waals surface area contributed by atoms with Crippen LogP contribution in [0.2, 0.25) is 10.6 Å². The molecule has 88 valence electrons. The number of hydrogen-bond acceptors (Lipinski definition) is 5. The molecule has 0 aliphatic rings. The third-order valence-electron chi connectivity index (χ3n) is 1.44. The molecule has 1 heterocycles. The highest BCUT2D eigenvalue weighted by atomic mass is 35.5. The van der Waals surface area contributed by atoms with Crippen molar-refractivity contribution in [2.75, 3.05) is 11.9 Å². The molecule has 0 atom stereocenters. The van der Waals surface area contributed by atoms with Gasteiger partial charge in [-0.15, -0.1) is 0 Å². The van der Waals surface area contributed by atoms with Crippen molar-refractivity contribution >= 4 is 35.1 Å². The second-order valence-corrected chi connectivity index (χ2v) is 3.95. The normalized spacial score (nSPS) is 10.3. The van der Waals surface area contributed by atoms with Crippen molar-refractivity contribution in [1.82, 2.24) is 20.3 Å². The summed E-state index contributed by atoms with van der Waals surface area (Å²) < 4.78 is 0. The van der Waals surface area contributed by atoms with Gasteiger partial charge in [0.25, 0.3) is 0 Å². The maximum absolute atomic E-state index is 11.3. The molecule has 1 rings (SSSR count). The first kappa shape index (κ1) is 12.9. The van der Waals surface area contributed by atoms with Crippen LogP contribution in [0.5, 0.6) is 0 Å². The second-order valence-electron chi connectivity index (χ2n) is 3.27. The van der Waals surface area contributed by atoms with Crippen LogP contribution < -0.4 is 10.6 Å². The molecule has 0 aliphatic heterocycles. The van der Waals surface area contributed by atoms with Crippen LogP contribution in [0.3, 0.4) is 0 Å². The molecule has 0 radical (unpaired) electrons. The highest BCUT2D eigenvalue weighted by Crippen LogP contribution is 2.08. The number of halogens is 2. The molecule has 2 N–H and O–H groups in total. The molecule has 0 aliphatic carbocycles. The molecule has 0 fully saturated rings. The van der Waals surface area contributed by atoms with Gasteiger partial charge in [-0.3, -0.25) is 4.79 Å². The van der Waals surface area contributed by atoms with E-state index in [0.29, 0.717) is 0 Å². The summed E-state index contributed by atoms with van der Waals surface area (Å²) >= 11 is 11.1. The summed E-state index contributed by atoms with van der Waals surface area (Å²) in [5.41, 5.74) is 0. The van der Waals surface area contributed by atoms with Crippen LogP contribution in [-0.2, 0) is 4.79 Å². The summed E-state index contributed by atoms with van der Waals surface area (Å²) in [5, 5.41) is 5.35. The topological polar surface area (TPSA) is 79.8 Å². The zero-order valence-electron chi connectivity index (χ0n) is 8.79. The van der Waals surface area contributed by atoms with Gasteiger partial charge < -0.3 is 10.6 Å². The number of nitrogens with zero attached hydrogens (tertiary/aromatic N) is 3. The number of carbonyl (C=O) groups excluding carboxylic acids is 1. The van der Waals surface area contributed by atoms with E-state index in [0.717, 1.165) is 0 Å². The third kappa shape index (κ3) is 4.59. The SMILES string of the molecule is CC(C)NC(=O)CNc1nc(Cl)nc(Cl)n1. The maximum Gasteiger partial charge on any atom is 0.239 e. The van der Waals surface area contributed by atoms with E-state index in [4.69, 9.17) is 23.2 Å². The lowest BCUT2D eigenvalue weighted by molar-refractivity contribution is -0.119. The second kappa shape index (κ2) is 5.81. The zero-order chi connectivity index (χ0) is 12.1. The Balaban J connectivity index is 2.51. The van der Waals surface area contributed by atoms with Crippen LogP contribution in [0.1, 0.15) is 13.8 Å². The van der Waals surface area contributed by atoms with Gasteiger partial charge in [0.05, 0.1) is 6.54 Å². The molecule has 0 unspecified atom stereocenters. The van der Waals surface area contributed by atoms with Gasteiger partial charge in [0, 0.05) is 6.04 Å². The van der Waals surface area contributed by atoms with Crippen LogP contribution in [0, 0.1) is 0 Å². The number of nitrogens with one attached hydrogen (secondary N) is 2. The predicted molar refractivity (Wildman–Crippen MR) is 61.6 cm³/mol. The largest absolute Gasteiger partial charge is 0.352 e. The van der Waals surface area contributed by atoms with Gasteiger partial charge in [0.15, 0.2) is 0 Å². The minimum atomic E-state index is -0.164. The fourth-order valence-electron chi connectivity index (χ4n) is 0.937. The molecule has 1 aromatic heterocycles. The molecule has 6 nitrogen and oxygen atoms in total. The van der Waals surface area contributed by atoms with Crippen molar-refractivity contribution in [2.24, 2.45) is 0 Å². The maximum atomic E-state index is 11.3. The molecule has 0 saturated heterocycles. The van der Waals surface area contributed by atoms with E-state index < -0.39 is 0 Å². The van der Waals surface area contributed by atoms with E-state index in [1.54, 1.807) is 0 Å². The molecule has 0 bridgehead atoms. The van der Waals surface area contributed by atoms with Gasteiger partial charge >= 0.3 is 0 Å². The lowest BCUT2D eigenvalue weighted by Gasteiger charge is -2.08. The lowest BCUT2D eigenvalue weighted by atomic mass is 10.4. The number of carbonyl (C=O) groups is 1. The average Bonchev–Trinajstić information content (AvgIpc) is 2.12. The Morgan fingerprint density at radius 2 is 1.81 bits per heavy atom. The number of hydrogen-bond donors (Lipinski definition) is 2.